The summed E-state index contributed by atoms with van der Waals surface area (Å²) in [5.41, 5.74) is 5.50. The number of hydrogen-bond donors (Lipinski definition) is 3. The molecule has 0 spiro atoms. The quantitative estimate of drug-likeness (QED) is 0.416. The number of piperidine rings is 1. The lowest BCUT2D eigenvalue weighted by Gasteiger charge is -2.31. The van der Waals surface area contributed by atoms with Gasteiger partial charge in [-0.3, -0.25) is 10.2 Å². The van der Waals surface area contributed by atoms with Gasteiger partial charge in [-0.25, -0.2) is 0 Å². The van der Waals surface area contributed by atoms with Crippen LogP contribution in [0.15, 0.2) is 0 Å². The number of carboxylic acids is 1. The molecule has 74 valence electrons. The Morgan fingerprint density at radius 1 is 1.62 bits per heavy atom. The van der Waals surface area contributed by atoms with Gasteiger partial charge in [0.1, 0.15) is 6.04 Å². The van der Waals surface area contributed by atoms with Crippen LogP contribution in [0, 0.1) is 11.3 Å². The van der Waals surface area contributed by atoms with E-state index in [1.165, 1.54) is 6.34 Å². The van der Waals surface area contributed by atoms with E-state index in [2.05, 4.69) is 0 Å². The summed E-state index contributed by atoms with van der Waals surface area (Å²) in [6.07, 6.45) is 2.83. The zero-order valence-corrected chi connectivity index (χ0v) is 7.44. The molecule has 0 radical (unpaired) electrons. The fraction of sp³-hybridized carbons (Fsp3) is 0.750. The number of likely N-dealkylation sites (tertiary alicyclic amines) is 1. The minimum Gasteiger partial charge on any atom is -0.480 e. The van der Waals surface area contributed by atoms with Crippen LogP contribution in [0.1, 0.15) is 12.8 Å². The molecule has 0 amide bonds. The summed E-state index contributed by atoms with van der Waals surface area (Å²) in [6.45, 7) is 1.49. The molecule has 1 rings (SSSR count). The van der Waals surface area contributed by atoms with Gasteiger partial charge in [-0.05, 0) is 18.8 Å². The molecule has 1 fully saturated rings. The number of nitrogens with zero attached hydrogens (tertiary/aromatic N) is 1. The van der Waals surface area contributed by atoms with Crippen molar-refractivity contribution in [3.05, 3.63) is 0 Å². The zero-order chi connectivity index (χ0) is 9.84. The minimum absolute atomic E-state index is 0.0636. The Labute approximate surface area is 77.0 Å². The second-order valence-corrected chi connectivity index (χ2v) is 3.37. The zero-order valence-electron chi connectivity index (χ0n) is 7.44. The third kappa shape index (κ3) is 2.42. The summed E-state index contributed by atoms with van der Waals surface area (Å²) in [5.74, 6) is -0.859. The monoisotopic (exact) mass is 185 g/mol. The van der Waals surface area contributed by atoms with Crippen LogP contribution in [0.2, 0.25) is 0 Å². The maximum Gasteiger partial charge on any atom is 0.320 e. The van der Waals surface area contributed by atoms with Crippen LogP contribution in [0.4, 0.5) is 0 Å². The van der Waals surface area contributed by atoms with Crippen molar-refractivity contribution in [1.29, 1.82) is 5.41 Å². The van der Waals surface area contributed by atoms with Crippen LogP contribution in [0.25, 0.3) is 0 Å². The van der Waals surface area contributed by atoms with Crippen molar-refractivity contribution in [2.45, 2.75) is 18.9 Å². The molecule has 0 bridgehead atoms. The van der Waals surface area contributed by atoms with Crippen molar-refractivity contribution < 1.29 is 9.90 Å². The first-order valence-electron chi connectivity index (χ1n) is 4.38. The molecule has 1 aliphatic rings. The van der Waals surface area contributed by atoms with Gasteiger partial charge in [0.2, 0.25) is 0 Å². The molecule has 0 aromatic heterocycles. The third-order valence-corrected chi connectivity index (χ3v) is 2.55. The maximum absolute atomic E-state index is 10.6. The number of nitrogens with two attached hydrogens (primary N) is 1. The van der Waals surface area contributed by atoms with E-state index in [9.17, 15) is 4.79 Å². The molecule has 1 unspecified atom stereocenters. The van der Waals surface area contributed by atoms with Crippen molar-refractivity contribution in [3.8, 4) is 0 Å². The number of nitrogens with one attached hydrogen (secondary N) is 1. The lowest BCUT2D eigenvalue weighted by atomic mass is 9.90. The van der Waals surface area contributed by atoms with E-state index in [-0.39, 0.29) is 5.92 Å². The highest BCUT2D eigenvalue weighted by Crippen LogP contribution is 2.18. The predicted octanol–water partition coefficient (Wildman–Crippen LogP) is -0.283. The smallest absolute Gasteiger partial charge is 0.320 e. The number of carboxylic acid groups (broad SMARTS) is 1. The largest absolute Gasteiger partial charge is 0.480 e. The van der Waals surface area contributed by atoms with Gasteiger partial charge in [0.05, 0.1) is 6.34 Å². The standard InChI is InChI=1S/C8H15N3O2/c9-5-11-3-1-6(2-4-11)7(10)8(12)13/h5-7,9H,1-4,10H2,(H,12,13). The molecule has 1 aliphatic heterocycles. The second-order valence-electron chi connectivity index (χ2n) is 3.37. The Bertz CT molecular complexity index is 200. The van der Waals surface area contributed by atoms with Gasteiger partial charge >= 0.3 is 5.97 Å². The SMILES string of the molecule is N=CN1CCC(C(N)C(=O)O)CC1. The van der Waals surface area contributed by atoms with Gasteiger partial charge in [-0.15, -0.1) is 0 Å². The molecule has 0 saturated carbocycles. The van der Waals surface area contributed by atoms with E-state index in [0.29, 0.717) is 0 Å². The van der Waals surface area contributed by atoms with Crippen LogP contribution < -0.4 is 5.73 Å². The van der Waals surface area contributed by atoms with Gasteiger partial charge in [0, 0.05) is 13.1 Å². The highest BCUT2D eigenvalue weighted by Gasteiger charge is 2.27. The van der Waals surface area contributed by atoms with E-state index in [4.69, 9.17) is 16.2 Å². The molecule has 0 aromatic rings. The predicted molar refractivity (Wildman–Crippen MR) is 48.7 cm³/mol. The molecular weight excluding hydrogens is 170 g/mol. The summed E-state index contributed by atoms with van der Waals surface area (Å²) in [5, 5.41) is 15.7. The lowest BCUT2D eigenvalue weighted by molar-refractivity contribution is -0.140. The number of aliphatic carboxylic acids is 1. The molecule has 5 heteroatoms. The Balaban J connectivity index is 2.40. The van der Waals surface area contributed by atoms with E-state index in [1.54, 1.807) is 0 Å². The molecular formula is C8H15N3O2. The van der Waals surface area contributed by atoms with Crippen LogP contribution >= 0.6 is 0 Å². The number of hydrogen-bond acceptors (Lipinski definition) is 3. The topological polar surface area (TPSA) is 90.4 Å². The Morgan fingerprint density at radius 2 is 2.15 bits per heavy atom. The molecule has 1 atom stereocenters. The van der Waals surface area contributed by atoms with Crippen LogP contribution in [0.3, 0.4) is 0 Å². The molecule has 5 nitrogen and oxygen atoms in total. The van der Waals surface area contributed by atoms with E-state index >= 15 is 0 Å². The normalized spacial score (nSPS) is 21.2. The molecule has 0 aliphatic carbocycles. The van der Waals surface area contributed by atoms with Gasteiger partial charge in [0.15, 0.2) is 0 Å². The molecule has 1 saturated heterocycles. The van der Waals surface area contributed by atoms with Crippen LogP contribution in [-0.4, -0.2) is 41.4 Å². The van der Waals surface area contributed by atoms with Crippen molar-refractivity contribution in [2.75, 3.05) is 13.1 Å². The Kier molecular flexibility index (Phi) is 3.25. The fourth-order valence-electron chi connectivity index (χ4n) is 1.61. The number of carbonyl (C=O) groups is 1. The molecule has 4 N–H and O–H groups in total. The van der Waals surface area contributed by atoms with Crippen LogP contribution in [0.5, 0.6) is 0 Å². The van der Waals surface area contributed by atoms with Crippen molar-refractivity contribution in [3.63, 3.8) is 0 Å². The van der Waals surface area contributed by atoms with Gasteiger partial charge in [0.25, 0.3) is 0 Å². The summed E-state index contributed by atoms with van der Waals surface area (Å²) in [4.78, 5) is 12.4. The van der Waals surface area contributed by atoms with Crippen molar-refractivity contribution in [2.24, 2.45) is 11.7 Å². The maximum atomic E-state index is 10.6. The highest BCUT2D eigenvalue weighted by molar-refractivity contribution is 5.73. The van der Waals surface area contributed by atoms with Gasteiger partial charge in [-0.2, -0.15) is 0 Å². The second kappa shape index (κ2) is 4.23. The summed E-state index contributed by atoms with van der Waals surface area (Å²) in [7, 11) is 0. The Morgan fingerprint density at radius 3 is 2.54 bits per heavy atom. The van der Waals surface area contributed by atoms with Gasteiger partial charge in [-0.1, -0.05) is 0 Å². The average Bonchev–Trinajstić information content (AvgIpc) is 2.17. The van der Waals surface area contributed by atoms with Crippen molar-refractivity contribution in [1.82, 2.24) is 4.90 Å². The average molecular weight is 185 g/mol. The third-order valence-electron chi connectivity index (χ3n) is 2.55. The molecule has 0 aromatic carbocycles. The first kappa shape index (κ1) is 9.98. The lowest BCUT2D eigenvalue weighted by Crippen LogP contribution is -2.44. The van der Waals surface area contributed by atoms with E-state index in [0.717, 1.165) is 25.9 Å². The van der Waals surface area contributed by atoms with E-state index in [1.807, 2.05) is 4.90 Å². The van der Waals surface area contributed by atoms with Crippen LogP contribution in [-0.2, 0) is 4.79 Å². The van der Waals surface area contributed by atoms with Crippen molar-refractivity contribution >= 4 is 12.3 Å². The van der Waals surface area contributed by atoms with E-state index < -0.39 is 12.0 Å². The Hall–Kier alpha value is -1.10. The molecule has 13 heavy (non-hydrogen) atoms. The minimum atomic E-state index is -0.923. The fourth-order valence-corrected chi connectivity index (χ4v) is 1.61. The first-order valence-corrected chi connectivity index (χ1v) is 4.38. The number of rotatable bonds is 3. The first-order chi connectivity index (χ1) is 6.15. The molecule has 1 heterocycles. The summed E-state index contributed by atoms with van der Waals surface area (Å²) in [6, 6.07) is -0.743. The summed E-state index contributed by atoms with van der Waals surface area (Å²) >= 11 is 0. The summed E-state index contributed by atoms with van der Waals surface area (Å²) < 4.78 is 0. The van der Waals surface area contributed by atoms with Gasteiger partial charge < -0.3 is 15.7 Å². The highest BCUT2D eigenvalue weighted by atomic mass is 16.4.